The summed E-state index contributed by atoms with van der Waals surface area (Å²) in [5.74, 6) is 0. The van der Waals surface area contributed by atoms with Gasteiger partial charge in [0.1, 0.15) is 9.92 Å². The van der Waals surface area contributed by atoms with Gasteiger partial charge in [0, 0.05) is 17.1 Å². The second-order valence-electron chi connectivity index (χ2n) is 5.63. The fraction of sp³-hybridized carbons (Fsp3) is 0.222. The van der Waals surface area contributed by atoms with Crippen LogP contribution in [0.2, 0.25) is 0 Å². The quantitative estimate of drug-likeness (QED) is 0.709. The van der Waals surface area contributed by atoms with Gasteiger partial charge in [0.05, 0.1) is 10.6 Å². The van der Waals surface area contributed by atoms with E-state index in [2.05, 4.69) is 16.3 Å². The molecule has 5 heteroatoms. The molecule has 0 aliphatic heterocycles. The monoisotopic (exact) mass is 327 g/mol. The highest BCUT2D eigenvalue weighted by Crippen LogP contribution is 2.27. The predicted octanol–water partition coefficient (Wildman–Crippen LogP) is 4.54. The lowest BCUT2D eigenvalue weighted by Gasteiger charge is -2.06. The van der Waals surface area contributed by atoms with E-state index >= 15 is 0 Å². The van der Waals surface area contributed by atoms with Gasteiger partial charge >= 0.3 is 0 Å². The Balaban J connectivity index is 1.95. The number of fused-ring (bicyclic) bond motifs is 1. The lowest BCUT2D eigenvalue weighted by atomic mass is 10.1. The third kappa shape index (κ3) is 3.46. The lowest BCUT2D eigenvalue weighted by Crippen LogP contribution is -2.11. The summed E-state index contributed by atoms with van der Waals surface area (Å²) in [6, 6.07) is 15.4. The van der Waals surface area contributed by atoms with Crippen LogP contribution in [0, 0.1) is 0 Å². The van der Waals surface area contributed by atoms with E-state index in [-0.39, 0.29) is 0 Å². The zero-order valence-corrected chi connectivity index (χ0v) is 14.0. The Morgan fingerprint density at radius 1 is 1.13 bits per heavy atom. The molecule has 1 atom stereocenters. The van der Waals surface area contributed by atoms with Crippen molar-refractivity contribution >= 4 is 26.5 Å². The predicted molar refractivity (Wildman–Crippen MR) is 96.0 cm³/mol. The maximum Gasteiger partial charge on any atom is 0.139 e. The van der Waals surface area contributed by atoms with Crippen LogP contribution >= 0.6 is 0 Å². The van der Waals surface area contributed by atoms with Crippen molar-refractivity contribution in [1.82, 2.24) is 4.98 Å². The molecule has 0 saturated carbocycles. The van der Waals surface area contributed by atoms with Gasteiger partial charge in [0.25, 0.3) is 0 Å². The van der Waals surface area contributed by atoms with Crippen molar-refractivity contribution in [2.45, 2.75) is 31.1 Å². The second-order valence-corrected chi connectivity index (χ2v) is 7.42. The standard InChI is InChI=1S/C18H21N3OS/c1-2-3-6-14-9-11-15(12-10-14)23(19,22)21-18-13-20-17-8-5-4-7-16(17)18/h4-5,7-13,20H,2-3,6H2,1H3,(H2,19,21,22). The summed E-state index contributed by atoms with van der Waals surface area (Å²) in [7, 11) is -2.96. The molecule has 0 bridgehead atoms. The molecular formula is C18H21N3OS. The van der Waals surface area contributed by atoms with Gasteiger partial charge in [-0.15, -0.1) is 0 Å². The van der Waals surface area contributed by atoms with E-state index < -0.39 is 9.92 Å². The molecule has 120 valence electrons. The average molecular weight is 327 g/mol. The van der Waals surface area contributed by atoms with Crippen molar-refractivity contribution in [2.75, 3.05) is 0 Å². The van der Waals surface area contributed by atoms with Crippen LogP contribution in [0.3, 0.4) is 0 Å². The molecule has 0 radical (unpaired) electrons. The number of unbranched alkanes of at least 4 members (excludes halogenated alkanes) is 1. The van der Waals surface area contributed by atoms with Crippen molar-refractivity contribution in [2.24, 2.45) is 9.50 Å². The van der Waals surface area contributed by atoms with Gasteiger partial charge < -0.3 is 4.98 Å². The Morgan fingerprint density at radius 2 is 1.87 bits per heavy atom. The average Bonchev–Trinajstić information content (AvgIpc) is 2.96. The van der Waals surface area contributed by atoms with Crippen LogP contribution in [0.25, 0.3) is 10.9 Å². The topological polar surface area (TPSA) is 71.2 Å². The molecule has 0 saturated heterocycles. The van der Waals surface area contributed by atoms with Gasteiger partial charge in [-0.2, -0.15) is 4.36 Å². The number of rotatable bonds is 5. The molecule has 1 aromatic heterocycles. The summed E-state index contributed by atoms with van der Waals surface area (Å²) in [5, 5.41) is 6.94. The van der Waals surface area contributed by atoms with Crippen LogP contribution in [-0.2, 0) is 16.3 Å². The van der Waals surface area contributed by atoms with E-state index in [9.17, 15) is 4.21 Å². The smallest absolute Gasteiger partial charge is 0.139 e. The summed E-state index contributed by atoms with van der Waals surface area (Å²) in [6.45, 7) is 2.17. The first-order chi connectivity index (χ1) is 11.1. The van der Waals surface area contributed by atoms with Crippen LogP contribution in [0.1, 0.15) is 25.3 Å². The zero-order valence-electron chi connectivity index (χ0n) is 13.2. The van der Waals surface area contributed by atoms with E-state index in [1.165, 1.54) is 5.56 Å². The Kier molecular flexibility index (Phi) is 4.50. The summed E-state index contributed by atoms with van der Waals surface area (Å²) >= 11 is 0. The van der Waals surface area contributed by atoms with Gasteiger partial charge in [0.2, 0.25) is 0 Å². The molecule has 3 N–H and O–H groups in total. The molecule has 2 aromatic carbocycles. The molecule has 3 rings (SSSR count). The molecule has 0 amide bonds. The Labute approximate surface area is 137 Å². The lowest BCUT2D eigenvalue weighted by molar-refractivity contribution is 0.678. The largest absolute Gasteiger partial charge is 0.359 e. The maximum atomic E-state index is 12.8. The van der Waals surface area contributed by atoms with Crippen LogP contribution in [0.15, 0.2) is 64.0 Å². The highest BCUT2D eigenvalue weighted by Gasteiger charge is 2.09. The number of aromatic amines is 1. The van der Waals surface area contributed by atoms with E-state index in [1.54, 1.807) is 6.20 Å². The van der Waals surface area contributed by atoms with Gasteiger partial charge in [-0.1, -0.05) is 43.7 Å². The molecule has 0 aliphatic carbocycles. The van der Waals surface area contributed by atoms with Crippen LogP contribution < -0.4 is 5.14 Å². The molecule has 0 fully saturated rings. The Morgan fingerprint density at radius 3 is 2.61 bits per heavy atom. The zero-order chi connectivity index (χ0) is 16.3. The fourth-order valence-corrected chi connectivity index (χ4v) is 3.64. The van der Waals surface area contributed by atoms with Gasteiger partial charge in [-0.25, -0.2) is 9.35 Å². The first-order valence-corrected chi connectivity index (χ1v) is 9.38. The summed E-state index contributed by atoms with van der Waals surface area (Å²) in [5.41, 5.74) is 2.82. The number of benzene rings is 2. The minimum Gasteiger partial charge on any atom is -0.359 e. The molecule has 0 aliphatic rings. The highest BCUT2D eigenvalue weighted by atomic mass is 32.2. The van der Waals surface area contributed by atoms with E-state index in [4.69, 9.17) is 5.14 Å². The summed E-state index contributed by atoms with van der Waals surface area (Å²) < 4.78 is 17.1. The number of nitrogens with one attached hydrogen (secondary N) is 1. The maximum absolute atomic E-state index is 12.8. The van der Waals surface area contributed by atoms with E-state index in [0.717, 1.165) is 30.2 Å². The van der Waals surface area contributed by atoms with Crippen LogP contribution in [0.4, 0.5) is 5.69 Å². The number of aryl methyl sites for hydroxylation is 1. The molecule has 1 unspecified atom stereocenters. The number of para-hydroxylation sites is 1. The number of nitrogens with two attached hydrogens (primary N) is 1. The van der Waals surface area contributed by atoms with Crippen molar-refractivity contribution in [1.29, 1.82) is 0 Å². The molecule has 4 nitrogen and oxygen atoms in total. The third-order valence-electron chi connectivity index (χ3n) is 3.88. The minimum atomic E-state index is -2.96. The van der Waals surface area contributed by atoms with Crippen LogP contribution in [0.5, 0.6) is 0 Å². The van der Waals surface area contributed by atoms with Gasteiger partial charge in [-0.3, -0.25) is 0 Å². The van der Waals surface area contributed by atoms with Crippen molar-refractivity contribution in [3.05, 3.63) is 60.3 Å². The van der Waals surface area contributed by atoms with E-state index in [0.29, 0.717) is 10.6 Å². The first kappa shape index (κ1) is 15.8. The van der Waals surface area contributed by atoms with Crippen molar-refractivity contribution in [3.8, 4) is 0 Å². The van der Waals surface area contributed by atoms with Gasteiger partial charge in [-0.05, 0) is 36.6 Å². The number of aromatic nitrogens is 1. The number of hydrogen-bond acceptors (Lipinski definition) is 2. The molecule has 0 spiro atoms. The second kappa shape index (κ2) is 6.56. The molecular weight excluding hydrogens is 306 g/mol. The number of nitrogens with zero attached hydrogens (tertiary/aromatic N) is 1. The summed E-state index contributed by atoms with van der Waals surface area (Å²) in [4.78, 5) is 3.68. The van der Waals surface area contributed by atoms with Gasteiger partial charge in [0.15, 0.2) is 0 Å². The minimum absolute atomic E-state index is 0.558. The third-order valence-corrected chi connectivity index (χ3v) is 5.30. The molecule has 1 heterocycles. The number of H-pyrrole nitrogens is 1. The number of hydrogen-bond donors (Lipinski definition) is 2. The molecule has 23 heavy (non-hydrogen) atoms. The highest BCUT2D eigenvalue weighted by molar-refractivity contribution is 7.91. The Hall–Kier alpha value is -2.11. The normalized spacial score (nSPS) is 13.8. The first-order valence-electron chi connectivity index (χ1n) is 7.80. The fourth-order valence-electron chi connectivity index (χ4n) is 2.56. The van der Waals surface area contributed by atoms with Crippen molar-refractivity contribution < 1.29 is 4.21 Å². The SMILES string of the molecule is CCCCc1ccc(S(N)(=O)=Nc2c[nH]c3ccccc23)cc1. The summed E-state index contributed by atoms with van der Waals surface area (Å²) in [6.07, 6.45) is 5.08. The van der Waals surface area contributed by atoms with E-state index in [1.807, 2.05) is 48.5 Å². The molecule has 3 aromatic rings. The van der Waals surface area contributed by atoms with Crippen molar-refractivity contribution in [3.63, 3.8) is 0 Å². The Bertz CT molecular complexity index is 919. The van der Waals surface area contributed by atoms with Crippen LogP contribution in [-0.4, -0.2) is 9.19 Å².